The number of alkyl halides is 3. The minimum atomic E-state index is -4.86. The van der Waals surface area contributed by atoms with E-state index < -0.39 is 30.0 Å². The number of aliphatic hydroxyl groups is 1. The maximum absolute atomic E-state index is 12.8. The number of ether oxygens (including phenoxy) is 2. The molecule has 7 nitrogen and oxygen atoms in total. The molecule has 1 atom stereocenters. The highest BCUT2D eigenvalue weighted by Gasteiger charge is 2.31. The zero-order chi connectivity index (χ0) is 23.5. The van der Waals surface area contributed by atoms with Crippen molar-refractivity contribution in [2.24, 2.45) is 0 Å². The monoisotopic (exact) mass is 512 g/mol. The van der Waals surface area contributed by atoms with Gasteiger partial charge in [-0.3, -0.25) is 4.79 Å². The summed E-state index contributed by atoms with van der Waals surface area (Å²) in [6, 6.07) is 10.4. The molecule has 32 heavy (non-hydrogen) atoms. The second kappa shape index (κ2) is 9.53. The molecule has 0 spiro atoms. The number of hydrogen-bond donors (Lipinski definition) is 1. The van der Waals surface area contributed by atoms with Crippen molar-refractivity contribution in [2.45, 2.75) is 19.4 Å². The number of carbonyl (C=O) groups is 2. The fourth-order valence-electron chi connectivity index (χ4n) is 2.85. The maximum atomic E-state index is 12.8. The third-order valence-electron chi connectivity index (χ3n) is 4.23. The Balaban J connectivity index is 1.90. The first-order chi connectivity index (χ1) is 15.1. The van der Waals surface area contributed by atoms with Crippen LogP contribution in [0, 0.1) is 0 Å². The van der Waals surface area contributed by atoms with E-state index in [0.717, 1.165) is 24.3 Å². The fraction of sp³-hybridized carbons (Fsp3) is 0.190. The Hall–Kier alpha value is -3.18. The number of ketones is 1. The van der Waals surface area contributed by atoms with Crippen molar-refractivity contribution < 1.29 is 37.3 Å². The van der Waals surface area contributed by atoms with Gasteiger partial charge < -0.3 is 14.6 Å². The van der Waals surface area contributed by atoms with E-state index in [1.165, 1.54) is 23.0 Å². The molecule has 1 aromatic heterocycles. The van der Waals surface area contributed by atoms with E-state index in [2.05, 4.69) is 25.8 Å². The zero-order valence-electron chi connectivity index (χ0n) is 16.5. The van der Waals surface area contributed by atoms with Crippen LogP contribution in [0.2, 0.25) is 0 Å². The second-order valence-corrected chi connectivity index (χ2v) is 7.32. The molecule has 168 valence electrons. The van der Waals surface area contributed by atoms with Crippen LogP contribution in [0.5, 0.6) is 5.75 Å². The molecule has 3 rings (SSSR count). The van der Waals surface area contributed by atoms with Gasteiger partial charge in [-0.25, -0.2) is 9.48 Å². The molecule has 0 amide bonds. The topological polar surface area (TPSA) is 90.7 Å². The summed E-state index contributed by atoms with van der Waals surface area (Å²) < 4.78 is 47.5. The van der Waals surface area contributed by atoms with Gasteiger partial charge in [0, 0.05) is 21.8 Å². The molecular weight excluding hydrogens is 497 g/mol. The highest BCUT2D eigenvalue weighted by atomic mass is 79.9. The number of esters is 1. The Morgan fingerprint density at radius 2 is 1.84 bits per heavy atom. The fourth-order valence-corrected chi connectivity index (χ4v) is 3.22. The van der Waals surface area contributed by atoms with E-state index in [4.69, 9.17) is 4.74 Å². The molecule has 0 radical (unpaired) electrons. The average Bonchev–Trinajstić information content (AvgIpc) is 3.22. The van der Waals surface area contributed by atoms with Gasteiger partial charge in [-0.05, 0) is 55.5 Å². The maximum Gasteiger partial charge on any atom is 0.573 e. The summed E-state index contributed by atoms with van der Waals surface area (Å²) in [6.07, 6.45) is -5.05. The van der Waals surface area contributed by atoms with Crippen molar-refractivity contribution in [1.82, 2.24) is 9.78 Å². The van der Waals surface area contributed by atoms with Crippen molar-refractivity contribution in [3.8, 4) is 11.4 Å². The molecule has 3 aromatic rings. The van der Waals surface area contributed by atoms with Crippen LogP contribution in [0.25, 0.3) is 5.69 Å². The lowest BCUT2D eigenvalue weighted by Crippen LogP contribution is -2.18. The van der Waals surface area contributed by atoms with Crippen molar-refractivity contribution in [1.29, 1.82) is 0 Å². The summed E-state index contributed by atoms with van der Waals surface area (Å²) in [5.41, 5.74) is 0.507. The van der Waals surface area contributed by atoms with E-state index in [1.807, 2.05) is 0 Å². The minimum absolute atomic E-state index is 0.0226. The number of rotatable bonds is 7. The first-order valence-corrected chi connectivity index (χ1v) is 9.99. The molecule has 0 fully saturated rings. The standard InChI is InChI=1S/C21H16BrF3N2O5/c1-2-31-20(30)16-9-10-27(26-16)17-8-5-13(22)11-15(17)19(29)18(28)12-3-6-14(7-4-12)32-21(23,24)25/h3-11,19,29H,2H2,1H3. The molecule has 0 aliphatic carbocycles. The van der Waals surface area contributed by atoms with Gasteiger partial charge in [0.05, 0.1) is 12.3 Å². The lowest BCUT2D eigenvalue weighted by atomic mass is 9.98. The third kappa shape index (κ3) is 5.54. The van der Waals surface area contributed by atoms with Gasteiger partial charge in [-0.15, -0.1) is 13.2 Å². The van der Waals surface area contributed by atoms with Crippen LogP contribution in [-0.4, -0.2) is 39.6 Å². The van der Waals surface area contributed by atoms with Crippen LogP contribution in [0.4, 0.5) is 13.2 Å². The Kier molecular flexibility index (Phi) is 6.99. The smallest absolute Gasteiger partial charge is 0.461 e. The van der Waals surface area contributed by atoms with E-state index >= 15 is 0 Å². The van der Waals surface area contributed by atoms with E-state index in [1.54, 1.807) is 19.1 Å². The van der Waals surface area contributed by atoms with Crippen molar-refractivity contribution in [3.63, 3.8) is 0 Å². The number of Topliss-reactive ketones (excluding diaryl/α,β-unsaturated/α-hetero) is 1. The molecule has 0 saturated heterocycles. The Morgan fingerprint density at radius 3 is 2.47 bits per heavy atom. The summed E-state index contributed by atoms with van der Waals surface area (Å²) in [7, 11) is 0. The van der Waals surface area contributed by atoms with Gasteiger partial charge >= 0.3 is 12.3 Å². The summed E-state index contributed by atoms with van der Waals surface area (Å²) in [6.45, 7) is 1.83. The lowest BCUT2D eigenvalue weighted by Gasteiger charge is -2.16. The molecule has 11 heteroatoms. The molecule has 0 aliphatic heterocycles. The van der Waals surface area contributed by atoms with Crippen molar-refractivity contribution >= 4 is 27.7 Å². The van der Waals surface area contributed by atoms with Crippen LogP contribution < -0.4 is 4.74 Å². The van der Waals surface area contributed by atoms with Gasteiger partial charge in [-0.1, -0.05) is 15.9 Å². The normalized spacial score (nSPS) is 12.3. The summed E-state index contributed by atoms with van der Waals surface area (Å²) >= 11 is 3.28. The molecule has 0 saturated carbocycles. The highest BCUT2D eigenvalue weighted by molar-refractivity contribution is 9.10. The number of nitrogens with zero attached hydrogens (tertiary/aromatic N) is 2. The largest absolute Gasteiger partial charge is 0.573 e. The van der Waals surface area contributed by atoms with Crippen LogP contribution in [-0.2, 0) is 4.74 Å². The molecule has 1 N–H and O–H groups in total. The van der Waals surface area contributed by atoms with E-state index in [0.29, 0.717) is 10.2 Å². The zero-order valence-corrected chi connectivity index (χ0v) is 18.1. The minimum Gasteiger partial charge on any atom is -0.461 e. The van der Waals surface area contributed by atoms with Gasteiger partial charge in [0.15, 0.2) is 11.5 Å². The summed E-state index contributed by atoms with van der Waals surface area (Å²) in [5, 5.41) is 14.9. The number of aromatic nitrogens is 2. The van der Waals surface area contributed by atoms with Crippen molar-refractivity contribution in [3.05, 3.63) is 76.0 Å². The third-order valence-corrected chi connectivity index (χ3v) is 4.72. The number of benzene rings is 2. The predicted molar refractivity (Wildman–Crippen MR) is 110 cm³/mol. The van der Waals surface area contributed by atoms with Crippen LogP contribution >= 0.6 is 15.9 Å². The van der Waals surface area contributed by atoms with Crippen LogP contribution in [0.1, 0.15) is 39.4 Å². The molecule has 0 bridgehead atoms. The summed E-state index contributed by atoms with van der Waals surface area (Å²) in [4.78, 5) is 24.7. The number of aliphatic hydroxyl groups excluding tert-OH is 1. The number of halogens is 4. The first-order valence-electron chi connectivity index (χ1n) is 9.19. The molecule has 0 aliphatic rings. The van der Waals surface area contributed by atoms with Crippen LogP contribution in [0.15, 0.2) is 59.2 Å². The molecular formula is C21H16BrF3N2O5. The number of carbonyl (C=O) groups excluding carboxylic acids is 2. The van der Waals surface area contributed by atoms with Gasteiger partial charge in [0.2, 0.25) is 0 Å². The quantitative estimate of drug-likeness (QED) is 0.366. The molecule has 1 unspecified atom stereocenters. The van der Waals surface area contributed by atoms with Crippen LogP contribution in [0.3, 0.4) is 0 Å². The lowest BCUT2D eigenvalue weighted by molar-refractivity contribution is -0.274. The predicted octanol–water partition coefficient (Wildman–Crippen LogP) is 4.63. The number of hydrogen-bond acceptors (Lipinski definition) is 6. The van der Waals surface area contributed by atoms with E-state index in [9.17, 15) is 27.9 Å². The molecule has 1 heterocycles. The summed E-state index contributed by atoms with van der Waals surface area (Å²) in [5.74, 6) is -1.86. The SMILES string of the molecule is CCOC(=O)c1ccn(-c2ccc(Br)cc2C(O)C(=O)c2ccc(OC(F)(F)F)cc2)n1. The van der Waals surface area contributed by atoms with Gasteiger partial charge in [-0.2, -0.15) is 5.10 Å². The van der Waals surface area contributed by atoms with Gasteiger partial charge in [0.1, 0.15) is 11.9 Å². The Bertz CT molecular complexity index is 1130. The highest BCUT2D eigenvalue weighted by Crippen LogP contribution is 2.29. The average molecular weight is 513 g/mol. The Morgan fingerprint density at radius 1 is 1.16 bits per heavy atom. The van der Waals surface area contributed by atoms with Crippen molar-refractivity contribution in [2.75, 3.05) is 6.61 Å². The Labute approximate surface area is 188 Å². The molecule has 2 aromatic carbocycles. The second-order valence-electron chi connectivity index (χ2n) is 6.41. The van der Waals surface area contributed by atoms with E-state index in [-0.39, 0.29) is 23.4 Å². The van der Waals surface area contributed by atoms with Gasteiger partial charge in [0.25, 0.3) is 0 Å². The first kappa shape index (κ1) is 23.5.